The molecule has 0 unspecified atom stereocenters. The van der Waals surface area contributed by atoms with Gasteiger partial charge in [-0.25, -0.2) is 0 Å². The minimum atomic E-state index is 0.805. The van der Waals surface area contributed by atoms with Crippen LogP contribution in [0.25, 0.3) is 0 Å². The van der Waals surface area contributed by atoms with E-state index < -0.39 is 0 Å². The van der Waals surface area contributed by atoms with Gasteiger partial charge in [-0.15, -0.1) is 0 Å². The predicted molar refractivity (Wildman–Crippen MR) is 83.4 cm³/mol. The molecule has 0 bridgehead atoms. The van der Waals surface area contributed by atoms with Crippen molar-refractivity contribution in [2.24, 2.45) is 0 Å². The van der Waals surface area contributed by atoms with Crippen molar-refractivity contribution in [2.75, 3.05) is 0 Å². The number of hydrogen-bond donors (Lipinski definition) is 0. The SMILES string of the molecule is CCCCC[CH2][Al+][CH2]CCCCC.c1cc[n-]c1. The monoisotopic (exact) mass is 263 g/mol. The van der Waals surface area contributed by atoms with Gasteiger partial charge in [-0.1, -0.05) is 12.1 Å². The molecule has 102 valence electrons. The van der Waals surface area contributed by atoms with E-state index in [1.807, 2.05) is 12.1 Å². The van der Waals surface area contributed by atoms with Crippen molar-refractivity contribution in [3.05, 3.63) is 24.5 Å². The molecule has 0 aromatic carbocycles. The Morgan fingerprint density at radius 3 is 1.56 bits per heavy atom. The van der Waals surface area contributed by atoms with Crippen LogP contribution in [0.3, 0.4) is 0 Å². The zero-order valence-electron chi connectivity index (χ0n) is 12.4. The van der Waals surface area contributed by atoms with Gasteiger partial charge in [0.1, 0.15) is 0 Å². The van der Waals surface area contributed by atoms with Crippen molar-refractivity contribution in [3.63, 3.8) is 0 Å². The van der Waals surface area contributed by atoms with Crippen molar-refractivity contribution in [1.29, 1.82) is 0 Å². The van der Waals surface area contributed by atoms with Crippen LogP contribution in [0.1, 0.15) is 65.2 Å². The zero-order valence-corrected chi connectivity index (χ0v) is 13.6. The number of unbranched alkanes of at least 4 members (excludes halogenated alkanes) is 6. The third-order valence-corrected chi connectivity index (χ3v) is 4.61. The zero-order chi connectivity index (χ0) is 13.3. The van der Waals surface area contributed by atoms with Gasteiger partial charge < -0.3 is 4.98 Å². The number of nitrogens with zero attached hydrogens (tertiary/aromatic N) is 1. The summed E-state index contributed by atoms with van der Waals surface area (Å²) in [6, 6.07) is 3.78. The Morgan fingerprint density at radius 2 is 1.22 bits per heavy atom. The second kappa shape index (κ2) is 16.8. The van der Waals surface area contributed by atoms with Gasteiger partial charge in [0.15, 0.2) is 0 Å². The van der Waals surface area contributed by atoms with E-state index in [2.05, 4.69) is 18.8 Å². The first kappa shape index (κ1) is 17.8. The number of aromatic nitrogens is 1. The maximum atomic E-state index is 3.72. The summed E-state index contributed by atoms with van der Waals surface area (Å²) < 4.78 is 0. The summed E-state index contributed by atoms with van der Waals surface area (Å²) in [6.45, 7) is 4.58. The summed E-state index contributed by atoms with van der Waals surface area (Å²) in [5.41, 5.74) is 0. The Morgan fingerprint density at radius 1 is 0.722 bits per heavy atom. The van der Waals surface area contributed by atoms with Crippen LogP contribution in [0.5, 0.6) is 0 Å². The predicted octanol–water partition coefficient (Wildman–Crippen LogP) is 5.33. The molecule has 0 spiro atoms. The second-order valence-corrected chi connectivity index (χ2v) is 6.55. The molecule has 1 aromatic heterocycles. The van der Waals surface area contributed by atoms with Gasteiger partial charge >= 0.3 is 91.0 Å². The first-order valence-corrected chi connectivity index (χ1v) is 9.38. The van der Waals surface area contributed by atoms with Gasteiger partial charge in [-0.2, -0.15) is 12.4 Å². The Balaban J connectivity index is 0.000000473. The fourth-order valence-electron chi connectivity index (χ4n) is 1.82. The molecule has 0 saturated heterocycles. The quantitative estimate of drug-likeness (QED) is 0.411. The topological polar surface area (TPSA) is 14.1 Å². The van der Waals surface area contributed by atoms with Crippen molar-refractivity contribution < 1.29 is 0 Å². The molecule has 2 heteroatoms. The van der Waals surface area contributed by atoms with E-state index in [1.165, 1.54) is 51.4 Å². The minimum Gasteiger partial charge on any atom is -0.670 e. The van der Waals surface area contributed by atoms with Crippen LogP contribution >= 0.6 is 0 Å². The summed E-state index contributed by atoms with van der Waals surface area (Å²) in [6.07, 6.45) is 15.2. The van der Waals surface area contributed by atoms with Crippen molar-refractivity contribution >= 4 is 15.2 Å². The molecule has 0 N–H and O–H groups in total. The van der Waals surface area contributed by atoms with Gasteiger partial charge in [-0.05, 0) is 0 Å². The molecule has 0 aliphatic heterocycles. The molecule has 0 fully saturated rings. The van der Waals surface area contributed by atoms with E-state index in [9.17, 15) is 0 Å². The summed E-state index contributed by atoms with van der Waals surface area (Å²) in [5, 5.41) is 3.12. The van der Waals surface area contributed by atoms with Crippen molar-refractivity contribution in [3.8, 4) is 0 Å². The van der Waals surface area contributed by atoms with Crippen LogP contribution in [0, 0.1) is 0 Å². The fraction of sp³-hybridized carbons (Fsp3) is 0.750. The largest absolute Gasteiger partial charge is 0.670 e. The van der Waals surface area contributed by atoms with Crippen LogP contribution < -0.4 is 4.98 Å². The fourth-order valence-corrected chi connectivity index (χ4v) is 3.27. The van der Waals surface area contributed by atoms with Crippen molar-refractivity contribution in [1.82, 2.24) is 4.98 Å². The summed E-state index contributed by atoms with van der Waals surface area (Å²) in [4.78, 5) is 3.72. The first-order chi connectivity index (χ1) is 8.91. The Bertz CT molecular complexity index is 182. The average Bonchev–Trinajstić information content (AvgIpc) is 2.96. The maximum absolute atomic E-state index is 3.72. The number of hydrogen-bond acceptors (Lipinski definition) is 0. The molecule has 0 radical (unpaired) electrons. The van der Waals surface area contributed by atoms with Crippen LogP contribution in [0.15, 0.2) is 24.5 Å². The summed E-state index contributed by atoms with van der Waals surface area (Å²) in [5.74, 6) is 0. The molecule has 1 heterocycles. The van der Waals surface area contributed by atoms with Crippen LogP contribution in [-0.4, -0.2) is 15.2 Å². The maximum Gasteiger partial charge on any atom is -0.0860 e. The Hall–Kier alpha value is -0.188. The smallest absolute Gasteiger partial charge is 0.0860 e. The molecule has 0 aliphatic rings. The van der Waals surface area contributed by atoms with Gasteiger partial charge in [0.2, 0.25) is 0 Å². The molecule has 1 rings (SSSR count). The molecule has 0 atom stereocenters. The van der Waals surface area contributed by atoms with E-state index in [1.54, 1.807) is 23.0 Å². The van der Waals surface area contributed by atoms with E-state index in [0.29, 0.717) is 0 Å². The van der Waals surface area contributed by atoms with Crippen LogP contribution in [-0.2, 0) is 0 Å². The number of rotatable bonds is 10. The first-order valence-electron chi connectivity index (χ1n) is 7.75. The van der Waals surface area contributed by atoms with E-state index in [4.69, 9.17) is 0 Å². The van der Waals surface area contributed by atoms with Crippen LogP contribution in [0.2, 0.25) is 10.6 Å². The standard InChI is InChI=1S/2C6H13.C4H4N.Al/c2*1-3-5-6-4-2;1-2-4-5-3-1;/h2*1,3-6H2,2H3;1-4H;/q;;-1;+1. The average molecular weight is 263 g/mol. The van der Waals surface area contributed by atoms with Gasteiger partial charge in [0.25, 0.3) is 0 Å². The Labute approximate surface area is 120 Å². The third-order valence-electron chi connectivity index (χ3n) is 2.98. The van der Waals surface area contributed by atoms with E-state index in [-0.39, 0.29) is 0 Å². The molecule has 1 nitrogen and oxygen atoms in total. The third kappa shape index (κ3) is 15.8. The molecule has 0 saturated carbocycles. The Kier molecular flexibility index (Phi) is 16.6. The van der Waals surface area contributed by atoms with Crippen molar-refractivity contribution in [2.45, 2.75) is 75.8 Å². The van der Waals surface area contributed by atoms with E-state index >= 15 is 0 Å². The second-order valence-electron chi connectivity index (χ2n) is 4.82. The molecule has 18 heavy (non-hydrogen) atoms. The van der Waals surface area contributed by atoms with Gasteiger partial charge in [0.05, 0.1) is 0 Å². The minimum absolute atomic E-state index is 0.805. The van der Waals surface area contributed by atoms with Crippen LogP contribution in [0.4, 0.5) is 0 Å². The summed E-state index contributed by atoms with van der Waals surface area (Å²) >= 11 is 0.805. The molecule has 0 aliphatic carbocycles. The van der Waals surface area contributed by atoms with E-state index in [0.717, 1.165) is 15.2 Å². The molecular weight excluding hydrogens is 233 g/mol. The molecule has 0 amide bonds. The summed E-state index contributed by atoms with van der Waals surface area (Å²) in [7, 11) is 0. The van der Waals surface area contributed by atoms with Gasteiger partial charge in [-0.3, -0.25) is 0 Å². The normalized spacial score (nSPS) is 9.44. The molecule has 1 aromatic rings. The molecular formula is C16H30AlN. The van der Waals surface area contributed by atoms with Gasteiger partial charge in [0, 0.05) is 0 Å².